The van der Waals surface area contributed by atoms with E-state index in [1.807, 2.05) is 47.6 Å². The van der Waals surface area contributed by atoms with Crippen LogP contribution in [0.4, 0.5) is 0 Å². The van der Waals surface area contributed by atoms with Gasteiger partial charge in [-0.3, -0.25) is 8.98 Å². The number of benzene rings is 1. The molecule has 0 aliphatic heterocycles. The van der Waals surface area contributed by atoms with Crippen LogP contribution in [0.25, 0.3) is 0 Å². The van der Waals surface area contributed by atoms with Crippen LogP contribution in [0, 0.1) is 12.3 Å². The topological polar surface area (TPSA) is 69.7 Å². The third-order valence-corrected chi connectivity index (χ3v) is 6.55. The summed E-state index contributed by atoms with van der Waals surface area (Å²) in [5, 5.41) is 0. The molecule has 1 rings (SSSR count). The molecule has 0 amide bonds. The Balaban J connectivity index is 2.47. The third kappa shape index (κ3) is 10.6. The molecule has 0 aromatic heterocycles. The van der Waals surface area contributed by atoms with Crippen molar-refractivity contribution in [3.63, 3.8) is 0 Å². The summed E-state index contributed by atoms with van der Waals surface area (Å²) in [4.78, 5) is 12.0. The van der Waals surface area contributed by atoms with Crippen molar-refractivity contribution in [2.45, 2.75) is 91.6 Å². The Hall–Kier alpha value is -1.92. The number of ether oxygens (including phenoxy) is 1. The fraction of sp³-hybridized carbons (Fsp3) is 0.577. The van der Waals surface area contributed by atoms with Gasteiger partial charge in [0.2, 0.25) is 0 Å². The molecule has 0 saturated heterocycles. The smallest absolute Gasteiger partial charge is 0.311 e. The normalized spacial score (nSPS) is 14.3. The second kappa shape index (κ2) is 12.9. The van der Waals surface area contributed by atoms with Crippen LogP contribution in [0.1, 0.15) is 79.2 Å². The molecule has 0 heterocycles. The van der Waals surface area contributed by atoms with E-state index in [0.717, 1.165) is 24.8 Å². The van der Waals surface area contributed by atoms with Gasteiger partial charge in [-0.05, 0) is 91.9 Å². The largest absolute Gasteiger partial charge is 0.461 e. The van der Waals surface area contributed by atoms with Crippen LogP contribution < -0.4 is 0 Å². The van der Waals surface area contributed by atoms with Crippen molar-refractivity contribution in [3.8, 4) is 0 Å². The molecule has 5 nitrogen and oxygen atoms in total. The molecule has 1 aromatic rings. The van der Waals surface area contributed by atoms with E-state index in [0.29, 0.717) is 19.4 Å². The molecule has 0 radical (unpaired) electrons. The number of allylic oxidation sites excluding steroid dienone is 3. The molecule has 180 valence electrons. The minimum Gasteiger partial charge on any atom is -0.461 e. The van der Waals surface area contributed by atoms with Gasteiger partial charge in [0.25, 0.3) is 10.1 Å². The zero-order valence-corrected chi connectivity index (χ0v) is 21.6. The summed E-state index contributed by atoms with van der Waals surface area (Å²) in [6.45, 7) is 13.8. The Morgan fingerprint density at radius 2 is 1.62 bits per heavy atom. The van der Waals surface area contributed by atoms with Crippen molar-refractivity contribution in [1.29, 1.82) is 0 Å². The lowest BCUT2D eigenvalue weighted by atomic mass is 9.97. The zero-order chi connectivity index (χ0) is 24.4. The molecule has 0 spiro atoms. The number of aryl methyl sites for hydroxylation is 1. The monoisotopic (exact) mass is 464 g/mol. The van der Waals surface area contributed by atoms with Gasteiger partial charge in [-0.15, -0.1) is 0 Å². The number of hydrogen-bond acceptors (Lipinski definition) is 5. The number of esters is 1. The SMILES string of the molecule is CCC(CCC(C)=CCCC(C)=CCOC(=O)C(C)(C)C)OS(=O)(=O)c1ccc(C)cc1. The van der Waals surface area contributed by atoms with Crippen LogP contribution in [-0.2, 0) is 23.8 Å². The maximum absolute atomic E-state index is 12.5. The van der Waals surface area contributed by atoms with Crippen molar-refractivity contribution in [1.82, 2.24) is 0 Å². The van der Waals surface area contributed by atoms with Gasteiger partial charge in [0.1, 0.15) is 6.61 Å². The third-order valence-electron chi connectivity index (χ3n) is 5.18. The van der Waals surface area contributed by atoms with Crippen molar-refractivity contribution < 1.29 is 22.1 Å². The molecule has 0 aliphatic rings. The molecule has 0 fully saturated rings. The van der Waals surface area contributed by atoms with E-state index in [4.69, 9.17) is 8.92 Å². The van der Waals surface area contributed by atoms with E-state index in [-0.39, 0.29) is 17.0 Å². The quantitative estimate of drug-likeness (QED) is 0.200. The fourth-order valence-electron chi connectivity index (χ4n) is 2.88. The summed E-state index contributed by atoms with van der Waals surface area (Å²) in [6, 6.07) is 6.72. The van der Waals surface area contributed by atoms with Gasteiger partial charge >= 0.3 is 5.97 Å². The summed E-state index contributed by atoms with van der Waals surface area (Å²) in [5.74, 6) is -0.200. The molecule has 0 N–H and O–H groups in total. The van der Waals surface area contributed by atoms with Gasteiger partial charge in [-0.1, -0.05) is 41.8 Å². The van der Waals surface area contributed by atoms with Gasteiger partial charge in [0, 0.05) is 0 Å². The Morgan fingerprint density at radius 3 is 2.19 bits per heavy atom. The molecular weight excluding hydrogens is 424 g/mol. The minimum absolute atomic E-state index is 0.198. The molecule has 1 atom stereocenters. The number of rotatable bonds is 12. The van der Waals surface area contributed by atoms with E-state index < -0.39 is 15.5 Å². The summed E-state index contributed by atoms with van der Waals surface area (Å²) in [5.41, 5.74) is 2.91. The van der Waals surface area contributed by atoms with Gasteiger partial charge in [0.05, 0.1) is 16.4 Å². The first-order valence-corrected chi connectivity index (χ1v) is 12.7. The number of hydrogen-bond donors (Lipinski definition) is 0. The highest BCUT2D eigenvalue weighted by Crippen LogP contribution is 2.21. The van der Waals surface area contributed by atoms with Crippen molar-refractivity contribution in [2.75, 3.05) is 6.61 Å². The molecule has 1 aromatic carbocycles. The standard InChI is InChI=1S/C26H40O5S/c1-8-23(31-32(28,29)24-16-13-22(4)14-17-24)15-12-20(2)10-9-11-21(3)18-19-30-25(27)26(5,6)7/h10,13-14,16-18,23H,8-9,11-12,15,19H2,1-7H3. The lowest BCUT2D eigenvalue weighted by Crippen LogP contribution is -2.22. The minimum atomic E-state index is -3.75. The first-order valence-electron chi connectivity index (χ1n) is 11.3. The maximum Gasteiger partial charge on any atom is 0.311 e. The Morgan fingerprint density at radius 1 is 1.03 bits per heavy atom. The van der Waals surface area contributed by atoms with E-state index in [2.05, 4.69) is 13.0 Å². The van der Waals surface area contributed by atoms with Crippen LogP contribution in [0.3, 0.4) is 0 Å². The predicted octanol–water partition coefficient (Wildman–Crippen LogP) is 6.52. The molecular formula is C26H40O5S. The summed E-state index contributed by atoms with van der Waals surface area (Å²) in [7, 11) is -3.75. The number of carbonyl (C=O) groups is 1. The second-order valence-corrected chi connectivity index (χ2v) is 11.0. The highest BCUT2D eigenvalue weighted by atomic mass is 32.2. The van der Waals surface area contributed by atoms with Crippen molar-refractivity contribution in [2.24, 2.45) is 5.41 Å². The first-order chi connectivity index (χ1) is 14.8. The van der Waals surface area contributed by atoms with E-state index in [1.54, 1.807) is 24.3 Å². The average molecular weight is 465 g/mol. The van der Waals surface area contributed by atoms with Crippen LogP contribution in [0.15, 0.2) is 52.5 Å². The maximum atomic E-state index is 12.5. The fourth-order valence-corrected chi connectivity index (χ4v) is 4.05. The van der Waals surface area contributed by atoms with Crippen LogP contribution in [0.2, 0.25) is 0 Å². The highest BCUT2D eigenvalue weighted by molar-refractivity contribution is 7.86. The van der Waals surface area contributed by atoms with Crippen LogP contribution >= 0.6 is 0 Å². The van der Waals surface area contributed by atoms with E-state index >= 15 is 0 Å². The molecule has 0 saturated carbocycles. The predicted molar refractivity (Wildman–Crippen MR) is 130 cm³/mol. The Kier molecular flexibility index (Phi) is 11.4. The van der Waals surface area contributed by atoms with Crippen LogP contribution in [0.5, 0.6) is 0 Å². The van der Waals surface area contributed by atoms with Crippen molar-refractivity contribution in [3.05, 3.63) is 53.1 Å². The summed E-state index contributed by atoms with van der Waals surface area (Å²) >= 11 is 0. The molecule has 0 aliphatic carbocycles. The Labute approximate surface area is 195 Å². The summed E-state index contributed by atoms with van der Waals surface area (Å²) in [6.07, 6.45) is 7.64. The number of carbonyl (C=O) groups excluding carboxylic acids is 1. The lowest BCUT2D eigenvalue weighted by molar-refractivity contribution is -0.151. The molecule has 0 bridgehead atoms. The molecule has 6 heteroatoms. The average Bonchev–Trinajstić information content (AvgIpc) is 2.70. The summed E-state index contributed by atoms with van der Waals surface area (Å²) < 4.78 is 35.8. The van der Waals surface area contributed by atoms with Gasteiger partial charge in [-0.25, -0.2) is 0 Å². The molecule has 1 unspecified atom stereocenters. The van der Waals surface area contributed by atoms with E-state index in [9.17, 15) is 13.2 Å². The lowest BCUT2D eigenvalue weighted by Gasteiger charge is -2.16. The van der Waals surface area contributed by atoms with Gasteiger partial charge < -0.3 is 4.74 Å². The van der Waals surface area contributed by atoms with E-state index in [1.165, 1.54) is 11.1 Å². The van der Waals surface area contributed by atoms with Gasteiger partial charge in [-0.2, -0.15) is 8.42 Å². The van der Waals surface area contributed by atoms with Crippen LogP contribution in [-0.4, -0.2) is 27.1 Å². The first kappa shape index (κ1) is 28.1. The van der Waals surface area contributed by atoms with Crippen molar-refractivity contribution >= 4 is 16.1 Å². The molecule has 32 heavy (non-hydrogen) atoms. The van der Waals surface area contributed by atoms with Gasteiger partial charge in [0.15, 0.2) is 0 Å². The Bertz CT molecular complexity index is 887. The highest BCUT2D eigenvalue weighted by Gasteiger charge is 2.22. The zero-order valence-electron chi connectivity index (χ0n) is 20.7. The second-order valence-electron chi connectivity index (χ2n) is 9.42.